The van der Waals surface area contributed by atoms with Crippen molar-refractivity contribution in [3.05, 3.63) is 12.7 Å². The van der Waals surface area contributed by atoms with Gasteiger partial charge in [0.15, 0.2) is 0 Å². The minimum atomic E-state index is -1.02. The van der Waals surface area contributed by atoms with Gasteiger partial charge in [-0.15, -0.1) is 0 Å². The van der Waals surface area contributed by atoms with Gasteiger partial charge < -0.3 is 10.4 Å². The van der Waals surface area contributed by atoms with Gasteiger partial charge in [-0.05, 0) is 12.8 Å². The molecule has 1 aromatic heterocycles. The number of nitrogens with zero attached hydrogens (tertiary/aromatic N) is 3. The molecule has 1 heterocycles. The molecule has 0 spiro atoms. The fraction of sp³-hybridized carbons (Fsp3) is 0.636. The largest absolute Gasteiger partial charge is 0.480 e. The second-order valence-electron chi connectivity index (χ2n) is 4.26. The van der Waals surface area contributed by atoms with Crippen LogP contribution in [0, 0.1) is 5.92 Å². The first-order valence-electron chi connectivity index (χ1n) is 5.84. The number of rotatable bonds is 6. The molecule has 1 rings (SSSR count). The lowest BCUT2D eigenvalue weighted by molar-refractivity contribution is -0.143. The molecule has 0 aromatic carbocycles. The van der Waals surface area contributed by atoms with Crippen molar-refractivity contribution in [1.82, 2.24) is 20.1 Å². The van der Waals surface area contributed by atoms with E-state index in [9.17, 15) is 9.59 Å². The molecular weight excluding hydrogens is 236 g/mol. The van der Waals surface area contributed by atoms with Crippen LogP contribution in [0.1, 0.15) is 33.2 Å². The van der Waals surface area contributed by atoms with Crippen LogP contribution in [-0.2, 0) is 9.59 Å². The average Bonchev–Trinajstić information content (AvgIpc) is 2.87. The van der Waals surface area contributed by atoms with Crippen molar-refractivity contribution in [1.29, 1.82) is 0 Å². The summed E-state index contributed by atoms with van der Waals surface area (Å²) in [4.78, 5) is 26.8. The van der Waals surface area contributed by atoms with Gasteiger partial charge >= 0.3 is 5.97 Å². The number of hydrogen-bond donors (Lipinski definition) is 2. The van der Waals surface area contributed by atoms with Crippen LogP contribution < -0.4 is 5.32 Å². The van der Waals surface area contributed by atoms with Gasteiger partial charge in [-0.25, -0.2) is 14.5 Å². The van der Waals surface area contributed by atoms with Gasteiger partial charge in [0.1, 0.15) is 24.7 Å². The zero-order valence-corrected chi connectivity index (χ0v) is 10.7. The van der Waals surface area contributed by atoms with Gasteiger partial charge in [0.05, 0.1) is 0 Å². The molecule has 0 aliphatic carbocycles. The van der Waals surface area contributed by atoms with Crippen molar-refractivity contribution in [2.24, 2.45) is 5.92 Å². The number of carbonyl (C=O) groups is 2. The molecule has 0 saturated heterocycles. The molecule has 0 fully saturated rings. The van der Waals surface area contributed by atoms with E-state index < -0.39 is 18.1 Å². The highest BCUT2D eigenvalue weighted by molar-refractivity contribution is 5.85. The Morgan fingerprint density at radius 3 is 2.56 bits per heavy atom. The van der Waals surface area contributed by atoms with Crippen LogP contribution in [0.5, 0.6) is 0 Å². The van der Waals surface area contributed by atoms with E-state index in [2.05, 4.69) is 15.4 Å². The van der Waals surface area contributed by atoms with Gasteiger partial charge in [-0.1, -0.05) is 20.3 Å². The quantitative estimate of drug-likeness (QED) is 0.768. The Kier molecular flexibility index (Phi) is 4.82. The highest BCUT2D eigenvalue weighted by Crippen LogP contribution is 2.10. The summed E-state index contributed by atoms with van der Waals surface area (Å²) >= 11 is 0. The first-order chi connectivity index (χ1) is 8.47. The van der Waals surface area contributed by atoms with E-state index in [1.54, 1.807) is 13.8 Å². The van der Waals surface area contributed by atoms with Crippen molar-refractivity contribution in [3.8, 4) is 0 Å². The molecule has 0 aliphatic heterocycles. The lowest BCUT2D eigenvalue weighted by Gasteiger charge is -2.22. The number of aliphatic carboxylic acids is 1. The van der Waals surface area contributed by atoms with E-state index in [-0.39, 0.29) is 11.8 Å². The van der Waals surface area contributed by atoms with Gasteiger partial charge in [-0.3, -0.25) is 4.79 Å². The minimum absolute atomic E-state index is 0.130. The number of amides is 1. The van der Waals surface area contributed by atoms with Crippen LogP contribution in [0.25, 0.3) is 0 Å². The van der Waals surface area contributed by atoms with Gasteiger partial charge in [-0.2, -0.15) is 5.10 Å². The van der Waals surface area contributed by atoms with E-state index in [4.69, 9.17) is 5.11 Å². The first-order valence-corrected chi connectivity index (χ1v) is 5.84. The zero-order chi connectivity index (χ0) is 13.7. The van der Waals surface area contributed by atoms with E-state index in [0.717, 1.165) is 0 Å². The maximum absolute atomic E-state index is 11.9. The highest BCUT2D eigenvalue weighted by Gasteiger charge is 2.27. The summed E-state index contributed by atoms with van der Waals surface area (Å²) in [6.07, 6.45) is 3.42. The van der Waals surface area contributed by atoms with Crippen molar-refractivity contribution in [3.63, 3.8) is 0 Å². The van der Waals surface area contributed by atoms with Crippen molar-refractivity contribution in [2.75, 3.05) is 0 Å². The lowest BCUT2D eigenvalue weighted by atomic mass is 9.99. The number of hydrogen-bond acceptors (Lipinski definition) is 4. The third-order valence-corrected chi connectivity index (χ3v) is 2.99. The second-order valence-corrected chi connectivity index (χ2v) is 4.26. The number of aromatic nitrogens is 3. The molecule has 0 radical (unpaired) electrons. The van der Waals surface area contributed by atoms with Gasteiger partial charge in [0.25, 0.3) is 0 Å². The molecule has 0 saturated carbocycles. The molecule has 0 bridgehead atoms. The Hall–Kier alpha value is -1.92. The standard InChI is InChI=1S/C11H18N4O3/c1-4-7(2)9(11(17)18)14-10(16)8(3)15-6-12-5-13-15/h5-9H,4H2,1-3H3,(H,14,16)(H,17,18)/t7?,8?,9-/m0/s1. The molecule has 2 N–H and O–H groups in total. The molecular formula is C11H18N4O3. The molecule has 7 nitrogen and oxygen atoms in total. The predicted molar refractivity (Wildman–Crippen MR) is 63.8 cm³/mol. The number of nitrogens with one attached hydrogen (secondary N) is 1. The number of carboxylic acid groups (broad SMARTS) is 1. The van der Waals surface area contributed by atoms with Gasteiger partial charge in [0.2, 0.25) is 5.91 Å². The fourth-order valence-electron chi connectivity index (χ4n) is 1.49. The zero-order valence-electron chi connectivity index (χ0n) is 10.7. The Bertz CT molecular complexity index is 404. The van der Waals surface area contributed by atoms with Crippen molar-refractivity contribution >= 4 is 11.9 Å². The third kappa shape index (κ3) is 3.28. The van der Waals surface area contributed by atoms with E-state index in [0.29, 0.717) is 6.42 Å². The Balaban J connectivity index is 2.70. The summed E-state index contributed by atoms with van der Waals surface area (Å²) in [6, 6.07) is -1.47. The normalized spacial score (nSPS) is 15.7. The van der Waals surface area contributed by atoms with Crippen molar-refractivity contribution < 1.29 is 14.7 Å². The van der Waals surface area contributed by atoms with Crippen LogP contribution in [0.15, 0.2) is 12.7 Å². The Morgan fingerprint density at radius 2 is 2.11 bits per heavy atom. The molecule has 1 aromatic rings. The van der Waals surface area contributed by atoms with Crippen molar-refractivity contribution in [2.45, 2.75) is 39.3 Å². The Morgan fingerprint density at radius 1 is 1.44 bits per heavy atom. The molecule has 3 atom stereocenters. The molecule has 7 heteroatoms. The number of carboxylic acids is 1. The maximum atomic E-state index is 11.9. The monoisotopic (exact) mass is 254 g/mol. The molecule has 0 aliphatic rings. The minimum Gasteiger partial charge on any atom is -0.480 e. The summed E-state index contributed by atoms with van der Waals surface area (Å²) in [5.41, 5.74) is 0. The van der Waals surface area contributed by atoms with Crippen LogP contribution in [0.3, 0.4) is 0 Å². The molecule has 2 unspecified atom stereocenters. The third-order valence-electron chi connectivity index (χ3n) is 2.99. The van der Waals surface area contributed by atoms with Gasteiger partial charge in [0, 0.05) is 0 Å². The van der Waals surface area contributed by atoms with Crippen LogP contribution in [-0.4, -0.2) is 37.8 Å². The van der Waals surface area contributed by atoms with E-state index >= 15 is 0 Å². The first kappa shape index (κ1) is 14.1. The van der Waals surface area contributed by atoms with E-state index in [1.165, 1.54) is 17.3 Å². The molecule has 1 amide bonds. The summed E-state index contributed by atoms with van der Waals surface area (Å²) < 4.78 is 1.38. The summed E-state index contributed by atoms with van der Waals surface area (Å²) in [6.45, 7) is 5.31. The maximum Gasteiger partial charge on any atom is 0.326 e. The SMILES string of the molecule is CCC(C)[C@H](NC(=O)C(C)n1cncn1)C(=O)O. The van der Waals surface area contributed by atoms with E-state index in [1.807, 2.05) is 6.92 Å². The summed E-state index contributed by atoms with van der Waals surface area (Å²) in [5.74, 6) is -1.54. The second kappa shape index (κ2) is 6.13. The van der Waals surface area contributed by atoms with Crippen LogP contribution >= 0.6 is 0 Å². The topological polar surface area (TPSA) is 97.1 Å². The smallest absolute Gasteiger partial charge is 0.326 e. The average molecular weight is 254 g/mol. The van der Waals surface area contributed by atoms with Crippen LogP contribution in [0.2, 0.25) is 0 Å². The lowest BCUT2D eigenvalue weighted by Crippen LogP contribution is -2.47. The summed E-state index contributed by atoms with van der Waals surface area (Å²) in [5, 5.41) is 15.5. The van der Waals surface area contributed by atoms with Crippen LogP contribution in [0.4, 0.5) is 0 Å². The molecule has 18 heavy (non-hydrogen) atoms. The number of carbonyl (C=O) groups excluding carboxylic acids is 1. The highest BCUT2D eigenvalue weighted by atomic mass is 16.4. The predicted octanol–water partition coefficient (Wildman–Crippen LogP) is 0.455. The Labute approximate surface area is 105 Å². The summed E-state index contributed by atoms with van der Waals surface area (Å²) in [7, 11) is 0. The molecule has 100 valence electrons. The fourth-order valence-corrected chi connectivity index (χ4v) is 1.49.